The first-order valence-electron chi connectivity index (χ1n) is 11.3. The summed E-state index contributed by atoms with van der Waals surface area (Å²) in [6.07, 6.45) is 1.28. The summed E-state index contributed by atoms with van der Waals surface area (Å²) in [5.41, 5.74) is 0.0484. The largest absolute Gasteiger partial charge is 0.379 e. The maximum absolute atomic E-state index is 12.6. The normalized spacial score (nSPS) is 12.9. The van der Waals surface area contributed by atoms with Crippen LogP contribution in [0.4, 0.5) is 0 Å². The maximum atomic E-state index is 12.6. The van der Waals surface area contributed by atoms with E-state index in [2.05, 4.69) is 36.7 Å². The van der Waals surface area contributed by atoms with E-state index in [0.717, 1.165) is 6.42 Å². The Labute approximate surface area is 188 Å². The van der Waals surface area contributed by atoms with E-state index < -0.39 is 0 Å². The summed E-state index contributed by atoms with van der Waals surface area (Å²) in [6.45, 7) is 16.8. The molecule has 1 unspecified atom stereocenters. The van der Waals surface area contributed by atoms with Crippen LogP contribution in [0.15, 0.2) is 0 Å². The highest BCUT2D eigenvalue weighted by molar-refractivity contribution is 5.78. The predicted molar refractivity (Wildman–Crippen MR) is 123 cm³/mol. The lowest BCUT2D eigenvalue weighted by molar-refractivity contribution is -0.128. The molecule has 0 aromatic carbocycles. The van der Waals surface area contributed by atoms with Crippen molar-refractivity contribution in [3.8, 4) is 0 Å². The Morgan fingerprint density at radius 3 is 1.52 bits per heavy atom. The van der Waals surface area contributed by atoms with Gasteiger partial charge < -0.3 is 25.4 Å². The molecule has 8 heteroatoms. The number of carbonyl (C=O) groups is 3. The Hall–Kier alpha value is -1.67. The fourth-order valence-corrected chi connectivity index (χ4v) is 3.06. The molecule has 1 atom stereocenters. The Balaban J connectivity index is 4.58. The smallest absolute Gasteiger partial charge is 0.223 e. The number of hydrogen-bond donors (Lipinski definition) is 3. The monoisotopic (exact) mass is 443 g/mol. The first-order chi connectivity index (χ1) is 14.3. The van der Waals surface area contributed by atoms with Crippen LogP contribution in [0.5, 0.6) is 0 Å². The van der Waals surface area contributed by atoms with Crippen LogP contribution in [-0.2, 0) is 23.9 Å². The SMILES string of the molecule is CC(C)NC(=O)CCOCC(COCCC(=O)NC(C)C)NC(=O)C(C)CC(C)(C)C. The molecule has 3 N–H and O–H groups in total. The van der Waals surface area contributed by atoms with Gasteiger partial charge in [-0.3, -0.25) is 14.4 Å². The summed E-state index contributed by atoms with van der Waals surface area (Å²) in [4.78, 5) is 36.1. The van der Waals surface area contributed by atoms with Crippen LogP contribution in [0.25, 0.3) is 0 Å². The third-order valence-electron chi connectivity index (χ3n) is 4.20. The number of amides is 3. The summed E-state index contributed by atoms with van der Waals surface area (Å²) in [7, 11) is 0. The summed E-state index contributed by atoms with van der Waals surface area (Å²) < 4.78 is 11.3. The standard InChI is InChI=1S/C23H45N3O5/c1-16(2)24-20(27)9-11-30-14-19(15-31-12-10-21(28)25-17(3)4)26-22(29)18(5)13-23(6,7)8/h16-19H,9-15H2,1-8H3,(H,24,27)(H,25,28)(H,26,29). The molecule has 0 saturated heterocycles. The molecule has 0 bridgehead atoms. The fourth-order valence-electron chi connectivity index (χ4n) is 3.06. The fraction of sp³-hybridized carbons (Fsp3) is 0.870. The Kier molecular flexibility index (Phi) is 14.4. The van der Waals surface area contributed by atoms with Gasteiger partial charge in [-0.25, -0.2) is 0 Å². The summed E-state index contributed by atoms with van der Waals surface area (Å²) in [6, 6.07) is -0.175. The highest BCUT2D eigenvalue weighted by Gasteiger charge is 2.23. The van der Waals surface area contributed by atoms with Gasteiger partial charge in [-0.1, -0.05) is 27.7 Å². The lowest BCUT2D eigenvalue weighted by Gasteiger charge is -2.25. The number of rotatable bonds is 15. The number of carbonyl (C=O) groups excluding carboxylic acids is 3. The molecule has 0 aromatic heterocycles. The van der Waals surface area contributed by atoms with Crippen molar-refractivity contribution in [3.05, 3.63) is 0 Å². The lowest BCUT2D eigenvalue weighted by atomic mass is 9.85. The first-order valence-corrected chi connectivity index (χ1v) is 11.3. The van der Waals surface area contributed by atoms with Gasteiger partial charge in [0.1, 0.15) is 0 Å². The zero-order valence-corrected chi connectivity index (χ0v) is 20.8. The molecule has 0 radical (unpaired) electrons. The Morgan fingerprint density at radius 2 is 1.16 bits per heavy atom. The molecule has 182 valence electrons. The molecule has 0 rings (SSSR count). The van der Waals surface area contributed by atoms with E-state index in [0.29, 0.717) is 0 Å². The molecular weight excluding hydrogens is 398 g/mol. The van der Waals surface area contributed by atoms with Crippen molar-refractivity contribution in [3.63, 3.8) is 0 Å². The van der Waals surface area contributed by atoms with Crippen LogP contribution >= 0.6 is 0 Å². The topological polar surface area (TPSA) is 106 Å². The van der Waals surface area contributed by atoms with Gasteiger partial charge in [0.2, 0.25) is 17.7 Å². The highest BCUT2D eigenvalue weighted by Crippen LogP contribution is 2.24. The third-order valence-corrected chi connectivity index (χ3v) is 4.20. The Morgan fingerprint density at radius 1 is 0.742 bits per heavy atom. The lowest BCUT2D eigenvalue weighted by Crippen LogP contribution is -2.44. The molecule has 31 heavy (non-hydrogen) atoms. The van der Waals surface area contributed by atoms with Crippen LogP contribution in [0.2, 0.25) is 0 Å². The molecule has 3 amide bonds. The minimum Gasteiger partial charge on any atom is -0.379 e. The molecule has 0 aliphatic heterocycles. The molecular formula is C23H45N3O5. The number of nitrogens with one attached hydrogen (secondary N) is 3. The zero-order valence-electron chi connectivity index (χ0n) is 20.8. The first kappa shape index (κ1) is 29.3. The molecule has 0 aliphatic carbocycles. The van der Waals surface area contributed by atoms with Gasteiger partial charge in [0.25, 0.3) is 0 Å². The van der Waals surface area contributed by atoms with Gasteiger partial charge in [-0.05, 0) is 39.5 Å². The van der Waals surface area contributed by atoms with E-state index in [-0.39, 0.29) is 86.4 Å². The second-order valence-electron chi connectivity index (χ2n) is 9.97. The van der Waals surface area contributed by atoms with Gasteiger partial charge in [0, 0.05) is 30.8 Å². The quantitative estimate of drug-likeness (QED) is 0.337. The molecule has 8 nitrogen and oxygen atoms in total. The second kappa shape index (κ2) is 15.2. The molecule has 0 spiro atoms. The molecule has 0 heterocycles. The van der Waals surface area contributed by atoms with Gasteiger partial charge >= 0.3 is 0 Å². The average molecular weight is 444 g/mol. The predicted octanol–water partition coefficient (Wildman–Crippen LogP) is 2.41. The number of ether oxygens (including phenoxy) is 2. The van der Waals surface area contributed by atoms with Gasteiger partial charge in [-0.2, -0.15) is 0 Å². The summed E-state index contributed by atoms with van der Waals surface area (Å²) in [5, 5.41) is 8.62. The van der Waals surface area contributed by atoms with Crippen molar-refractivity contribution in [1.82, 2.24) is 16.0 Å². The van der Waals surface area contributed by atoms with E-state index in [4.69, 9.17) is 9.47 Å². The van der Waals surface area contributed by atoms with Crippen LogP contribution in [0.3, 0.4) is 0 Å². The minimum absolute atomic E-state index is 0.0484. The third kappa shape index (κ3) is 17.7. The molecule has 0 aliphatic rings. The van der Waals surface area contributed by atoms with Gasteiger partial charge in [-0.15, -0.1) is 0 Å². The second-order valence-corrected chi connectivity index (χ2v) is 9.97. The molecule has 0 saturated carbocycles. The van der Waals surface area contributed by atoms with Crippen molar-refractivity contribution < 1.29 is 23.9 Å². The molecule has 0 aromatic rings. The van der Waals surface area contributed by atoms with Crippen molar-refractivity contribution in [1.29, 1.82) is 0 Å². The van der Waals surface area contributed by atoms with E-state index in [9.17, 15) is 14.4 Å². The average Bonchev–Trinajstić information content (AvgIpc) is 2.59. The van der Waals surface area contributed by atoms with Gasteiger partial charge in [0.15, 0.2) is 0 Å². The van der Waals surface area contributed by atoms with Crippen molar-refractivity contribution >= 4 is 17.7 Å². The van der Waals surface area contributed by atoms with Crippen molar-refractivity contribution in [2.75, 3.05) is 26.4 Å². The zero-order chi connectivity index (χ0) is 24.0. The maximum Gasteiger partial charge on any atom is 0.223 e. The number of hydrogen-bond acceptors (Lipinski definition) is 5. The highest BCUT2D eigenvalue weighted by atomic mass is 16.5. The van der Waals surface area contributed by atoms with E-state index in [1.807, 2.05) is 34.6 Å². The van der Waals surface area contributed by atoms with Crippen LogP contribution < -0.4 is 16.0 Å². The van der Waals surface area contributed by atoms with Crippen molar-refractivity contribution in [2.45, 2.75) is 92.8 Å². The summed E-state index contributed by atoms with van der Waals surface area (Å²) >= 11 is 0. The minimum atomic E-state index is -0.351. The van der Waals surface area contributed by atoms with E-state index in [1.54, 1.807) is 0 Å². The van der Waals surface area contributed by atoms with Crippen LogP contribution in [0, 0.1) is 11.3 Å². The van der Waals surface area contributed by atoms with Crippen LogP contribution in [0.1, 0.15) is 74.7 Å². The van der Waals surface area contributed by atoms with Crippen LogP contribution in [-0.4, -0.2) is 62.3 Å². The summed E-state index contributed by atoms with van der Waals surface area (Å²) in [5.74, 6) is -0.332. The van der Waals surface area contributed by atoms with Crippen molar-refractivity contribution in [2.24, 2.45) is 11.3 Å². The molecule has 0 fully saturated rings. The van der Waals surface area contributed by atoms with E-state index in [1.165, 1.54) is 0 Å². The van der Waals surface area contributed by atoms with E-state index >= 15 is 0 Å². The Bertz CT molecular complexity index is 514. The van der Waals surface area contributed by atoms with Gasteiger partial charge in [0.05, 0.1) is 32.5 Å².